The fourth-order valence-electron chi connectivity index (χ4n) is 1.07. The van der Waals surface area contributed by atoms with Crippen LogP contribution in [0.15, 0.2) is 24.3 Å². The molecule has 0 amide bonds. The van der Waals surface area contributed by atoms with Crippen LogP contribution in [0.5, 0.6) is 0 Å². The minimum atomic E-state index is -0.409. The van der Waals surface area contributed by atoms with E-state index in [1.807, 2.05) is 19.0 Å². The van der Waals surface area contributed by atoms with E-state index in [-0.39, 0.29) is 5.69 Å². The highest BCUT2D eigenvalue weighted by Crippen LogP contribution is 2.12. The van der Waals surface area contributed by atoms with Crippen molar-refractivity contribution < 1.29 is 4.92 Å². The predicted octanol–water partition coefficient (Wildman–Crippen LogP) is 2.03. The topological polar surface area (TPSA) is 46.4 Å². The van der Waals surface area contributed by atoms with Crippen LogP contribution in [0.1, 0.15) is 5.56 Å². The molecule has 80 valence electrons. The first-order valence-corrected chi connectivity index (χ1v) is 4.85. The first-order chi connectivity index (χ1) is 7.00. The normalized spacial score (nSPS) is 9.73. The minimum Gasteiger partial charge on any atom is -0.372 e. The Labute approximate surface area is 93.7 Å². The highest BCUT2D eigenvalue weighted by Gasteiger charge is 2.05. The highest BCUT2D eigenvalue weighted by molar-refractivity contribution is 7.80. The molecule has 0 atom stereocenters. The molecule has 0 aromatic heterocycles. The molecular weight excluding hydrogens is 212 g/mol. The van der Waals surface area contributed by atoms with Gasteiger partial charge >= 0.3 is 0 Å². The van der Waals surface area contributed by atoms with Crippen molar-refractivity contribution in [1.29, 1.82) is 0 Å². The number of nitrogens with zero attached hydrogens (tertiary/aromatic N) is 2. The Morgan fingerprint density at radius 1 is 1.40 bits per heavy atom. The van der Waals surface area contributed by atoms with Crippen LogP contribution in [0.3, 0.4) is 0 Å². The molecule has 0 heterocycles. The molecule has 0 unspecified atom stereocenters. The lowest BCUT2D eigenvalue weighted by atomic mass is 10.1. The molecule has 5 heteroatoms. The molecule has 1 rings (SSSR count). The van der Waals surface area contributed by atoms with E-state index in [0.29, 0.717) is 6.42 Å². The van der Waals surface area contributed by atoms with Crippen molar-refractivity contribution in [3.05, 3.63) is 39.9 Å². The third-order valence-electron chi connectivity index (χ3n) is 2.00. The number of nitro benzene ring substituents is 1. The van der Waals surface area contributed by atoms with E-state index >= 15 is 0 Å². The van der Waals surface area contributed by atoms with Gasteiger partial charge in [0.2, 0.25) is 0 Å². The molecule has 0 aliphatic rings. The van der Waals surface area contributed by atoms with Crippen molar-refractivity contribution in [2.24, 2.45) is 0 Å². The van der Waals surface area contributed by atoms with Crippen molar-refractivity contribution in [1.82, 2.24) is 4.90 Å². The zero-order valence-electron chi connectivity index (χ0n) is 8.64. The number of nitro groups is 1. The van der Waals surface area contributed by atoms with Crippen LogP contribution in [0.2, 0.25) is 0 Å². The Kier molecular flexibility index (Phi) is 3.74. The van der Waals surface area contributed by atoms with Crippen LogP contribution >= 0.6 is 12.2 Å². The number of benzene rings is 1. The van der Waals surface area contributed by atoms with Gasteiger partial charge in [-0.2, -0.15) is 0 Å². The third kappa shape index (κ3) is 3.28. The Balaban J connectivity index is 2.73. The number of non-ortho nitro benzene ring substituents is 1. The summed E-state index contributed by atoms with van der Waals surface area (Å²) >= 11 is 5.14. The predicted molar refractivity (Wildman–Crippen MR) is 63.1 cm³/mol. The molecule has 1 aromatic carbocycles. The molecule has 0 N–H and O–H groups in total. The second-order valence-corrected chi connectivity index (χ2v) is 3.86. The standard InChI is InChI=1S/C10H12N2O2S/c1-11(2)10(15)7-8-3-5-9(6-4-8)12(13)14/h3-6H,7H2,1-2H3. The number of hydrogen-bond donors (Lipinski definition) is 0. The van der Waals surface area contributed by atoms with Gasteiger partial charge in [0.15, 0.2) is 0 Å². The minimum absolute atomic E-state index is 0.106. The van der Waals surface area contributed by atoms with Gasteiger partial charge in [-0.05, 0) is 5.56 Å². The van der Waals surface area contributed by atoms with Crippen molar-refractivity contribution in [2.45, 2.75) is 6.42 Å². The van der Waals surface area contributed by atoms with Gasteiger partial charge < -0.3 is 4.90 Å². The van der Waals surface area contributed by atoms with Crippen molar-refractivity contribution in [3.8, 4) is 0 Å². The molecule has 0 fully saturated rings. The molecule has 0 aliphatic heterocycles. The number of rotatable bonds is 3. The number of thiocarbonyl (C=S) groups is 1. The Morgan fingerprint density at radius 2 is 1.93 bits per heavy atom. The molecule has 0 aliphatic carbocycles. The fraction of sp³-hybridized carbons (Fsp3) is 0.300. The summed E-state index contributed by atoms with van der Waals surface area (Å²) in [5, 5.41) is 10.4. The fourth-order valence-corrected chi connectivity index (χ4v) is 1.23. The quantitative estimate of drug-likeness (QED) is 0.447. The monoisotopic (exact) mass is 224 g/mol. The number of hydrogen-bond acceptors (Lipinski definition) is 3. The molecule has 1 aromatic rings. The Bertz CT molecular complexity index is 374. The second-order valence-electron chi connectivity index (χ2n) is 3.39. The maximum absolute atomic E-state index is 10.4. The van der Waals surface area contributed by atoms with Crippen molar-refractivity contribution >= 4 is 22.9 Å². The van der Waals surface area contributed by atoms with E-state index in [1.54, 1.807) is 12.1 Å². The zero-order valence-corrected chi connectivity index (χ0v) is 9.45. The van der Waals surface area contributed by atoms with Gasteiger partial charge in [0, 0.05) is 32.6 Å². The molecule has 0 saturated carbocycles. The van der Waals surface area contributed by atoms with Crippen LogP contribution in [-0.2, 0) is 6.42 Å². The summed E-state index contributed by atoms with van der Waals surface area (Å²) in [6.45, 7) is 0. The average Bonchev–Trinajstić information content (AvgIpc) is 2.18. The summed E-state index contributed by atoms with van der Waals surface area (Å²) in [5.74, 6) is 0. The van der Waals surface area contributed by atoms with Gasteiger partial charge in [-0.15, -0.1) is 0 Å². The molecule has 0 spiro atoms. The summed E-state index contributed by atoms with van der Waals surface area (Å²) in [7, 11) is 3.77. The second kappa shape index (κ2) is 4.84. The first kappa shape index (κ1) is 11.6. The Morgan fingerprint density at radius 3 is 2.33 bits per heavy atom. The first-order valence-electron chi connectivity index (χ1n) is 4.44. The smallest absolute Gasteiger partial charge is 0.269 e. The van der Waals surface area contributed by atoms with Crippen LogP contribution in [-0.4, -0.2) is 28.9 Å². The molecule has 0 radical (unpaired) electrons. The highest BCUT2D eigenvalue weighted by atomic mass is 32.1. The van der Waals surface area contributed by atoms with Gasteiger partial charge in [-0.3, -0.25) is 10.1 Å². The molecule has 4 nitrogen and oxygen atoms in total. The largest absolute Gasteiger partial charge is 0.372 e. The lowest BCUT2D eigenvalue weighted by Crippen LogP contribution is -2.21. The summed E-state index contributed by atoms with van der Waals surface area (Å²) < 4.78 is 0. The summed E-state index contributed by atoms with van der Waals surface area (Å²) in [4.78, 5) is 12.7. The molecular formula is C10H12N2O2S. The van der Waals surface area contributed by atoms with E-state index in [2.05, 4.69) is 0 Å². The van der Waals surface area contributed by atoms with E-state index in [4.69, 9.17) is 12.2 Å². The van der Waals surface area contributed by atoms with Crippen LogP contribution in [0.25, 0.3) is 0 Å². The SMILES string of the molecule is CN(C)C(=S)Cc1ccc([N+](=O)[O-])cc1. The van der Waals surface area contributed by atoms with Crippen LogP contribution < -0.4 is 0 Å². The van der Waals surface area contributed by atoms with Crippen LogP contribution in [0.4, 0.5) is 5.69 Å². The van der Waals surface area contributed by atoms with Crippen LogP contribution in [0, 0.1) is 10.1 Å². The van der Waals surface area contributed by atoms with Gasteiger partial charge in [-0.25, -0.2) is 0 Å². The van der Waals surface area contributed by atoms with Gasteiger partial charge in [-0.1, -0.05) is 24.4 Å². The van der Waals surface area contributed by atoms with E-state index < -0.39 is 4.92 Å². The van der Waals surface area contributed by atoms with Crippen molar-refractivity contribution in [2.75, 3.05) is 14.1 Å². The third-order valence-corrected chi connectivity index (χ3v) is 2.51. The van der Waals surface area contributed by atoms with Gasteiger partial charge in [0.05, 0.1) is 9.91 Å². The molecule has 0 saturated heterocycles. The van der Waals surface area contributed by atoms with E-state index in [1.165, 1.54) is 12.1 Å². The summed E-state index contributed by atoms with van der Waals surface area (Å²) in [6, 6.07) is 6.45. The lowest BCUT2D eigenvalue weighted by molar-refractivity contribution is -0.384. The Hall–Kier alpha value is -1.49. The van der Waals surface area contributed by atoms with E-state index in [9.17, 15) is 10.1 Å². The molecule has 0 bridgehead atoms. The summed E-state index contributed by atoms with van der Waals surface area (Å²) in [6.07, 6.45) is 0.639. The molecule has 15 heavy (non-hydrogen) atoms. The number of likely N-dealkylation sites (N-methyl/N-ethyl adjacent to an activating group) is 1. The van der Waals surface area contributed by atoms with Gasteiger partial charge in [0.1, 0.15) is 0 Å². The summed E-state index contributed by atoms with van der Waals surface area (Å²) in [5.41, 5.74) is 1.09. The maximum Gasteiger partial charge on any atom is 0.269 e. The van der Waals surface area contributed by atoms with E-state index in [0.717, 1.165) is 10.6 Å². The van der Waals surface area contributed by atoms with Gasteiger partial charge in [0.25, 0.3) is 5.69 Å². The lowest BCUT2D eigenvalue weighted by Gasteiger charge is -2.13. The van der Waals surface area contributed by atoms with Crippen molar-refractivity contribution in [3.63, 3.8) is 0 Å². The average molecular weight is 224 g/mol. The zero-order chi connectivity index (χ0) is 11.4. The maximum atomic E-state index is 10.4.